The van der Waals surface area contributed by atoms with Crippen LogP contribution in [0.3, 0.4) is 0 Å². The van der Waals surface area contributed by atoms with Crippen molar-refractivity contribution in [2.24, 2.45) is 0 Å². The maximum atomic E-state index is 6.48. The maximum absolute atomic E-state index is 6.48. The molecular weight excluding hydrogens is 510 g/mol. The second kappa shape index (κ2) is 9.02. The highest BCUT2D eigenvalue weighted by Gasteiger charge is 2.51. The van der Waals surface area contributed by atoms with Crippen molar-refractivity contribution in [2.45, 2.75) is 64.3 Å². The second-order valence-corrected chi connectivity index (χ2v) is 11.6. The fourth-order valence-electron chi connectivity index (χ4n) is 4.53. The van der Waals surface area contributed by atoms with Crippen molar-refractivity contribution in [1.29, 1.82) is 0 Å². The van der Waals surface area contributed by atoms with E-state index >= 15 is 0 Å². The van der Waals surface area contributed by atoms with Crippen molar-refractivity contribution in [3.05, 3.63) is 70.0 Å². The normalized spacial score (nSPS) is 18.5. The second-order valence-electron chi connectivity index (χ2n) is 10.7. The summed E-state index contributed by atoms with van der Waals surface area (Å²) in [5, 5.41) is 6.34. The third-order valence-corrected chi connectivity index (χ3v) is 8.19. The molecular formula is C28H27BCl2N2O4. The van der Waals surface area contributed by atoms with Crippen LogP contribution in [-0.4, -0.2) is 28.5 Å². The van der Waals surface area contributed by atoms with E-state index in [1.54, 1.807) is 18.3 Å². The van der Waals surface area contributed by atoms with E-state index in [1.807, 2.05) is 58.0 Å². The largest absolute Gasteiger partial charge is 0.494 e. The minimum atomic E-state index is -0.434. The summed E-state index contributed by atoms with van der Waals surface area (Å²) in [5.74, 6) is 1.84. The topological polar surface area (TPSA) is 66.6 Å². The van der Waals surface area contributed by atoms with E-state index < -0.39 is 18.3 Å². The van der Waals surface area contributed by atoms with Gasteiger partial charge in [0.15, 0.2) is 0 Å². The quantitative estimate of drug-likeness (QED) is 0.248. The van der Waals surface area contributed by atoms with Gasteiger partial charge in [0, 0.05) is 16.9 Å². The van der Waals surface area contributed by atoms with Gasteiger partial charge in [-0.15, -0.1) is 0 Å². The van der Waals surface area contributed by atoms with Gasteiger partial charge < -0.3 is 18.6 Å². The predicted octanol–water partition coefficient (Wildman–Crippen LogP) is 6.95. The van der Waals surface area contributed by atoms with E-state index in [0.29, 0.717) is 33.0 Å². The zero-order valence-corrected chi connectivity index (χ0v) is 22.7. The van der Waals surface area contributed by atoms with Crippen molar-refractivity contribution in [3.63, 3.8) is 0 Å². The molecule has 2 aromatic carbocycles. The van der Waals surface area contributed by atoms with Crippen LogP contribution in [0.4, 0.5) is 0 Å². The Bertz CT molecular complexity index is 1460. The van der Waals surface area contributed by atoms with E-state index in [0.717, 1.165) is 40.5 Å². The monoisotopic (exact) mass is 536 g/mol. The summed E-state index contributed by atoms with van der Waals surface area (Å²) in [6.07, 6.45) is 3.86. The Labute approximate surface area is 226 Å². The van der Waals surface area contributed by atoms with Crippen molar-refractivity contribution in [3.8, 4) is 17.0 Å². The lowest BCUT2D eigenvalue weighted by molar-refractivity contribution is 0.00578. The van der Waals surface area contributed by atoms with E-state index in [9.17, 15) is 0 Å². The third kappa shape index (κ3) is 4.52. The molecule has 9 heteroatoms. The molecule has 0 spiro atoms. The van der Waals surface area contributed by atoms with E-state index in [1.165, 1.54) is 0 Å². The highest BCUT2D eigenvalue weighted by atomic mass is 35.5. The highest BCUT2D eigenvalue weighted by Crippen LogP contribution is 2.46. The molecule has 2 aliphatic rings. The zero-order valence-electron chi connectivity index (χ0n) is 21.2. The van der Waals surface area contributed by atoms with Crippen LogP contribution in [-0.2, 0) is 15.9 Å². The molecule has 6 rings (SSSR count). The van der Waals surface area contributed by atoms with Crippen LogP contribution in [0.2, 0.25) is 10.0 Å². The number of aromatic nitrogens is 2. The van der Waals surface area contributed by atoms with Crippen molar-refractivity contribution < 1.29 is 18.6 Å². The fraction of sp³-hybridized carbons (Fsp3) is 0.357. The molecule has 2 aromatic heterocycles. The molecule has 1 aliphatic carbocycles. The Morgan fingerprint density at radius 3 is 2.38 bits per heavy atom. The smallest absolute Gasteiger partial charge is 0.487 e. The number of halogens is 2. The van der Waals surface area contributed by atoms with Gasteiger partial charge >= 0.3 is 7.12 Å². The molecule has 0 radical (unpaired) electrons. The van der Waals surface area contributed by atoms with Crippen LogP contribution >= 0.6 is 23.2 Å². The van der Waals surface area contributed by atoms with E-state index in [-0.39, 0.29) is 6.61 Å². The average Bonchev–Trinajstić information content (AvgIpc) is 3.56. The molecule has 0 atom stereocenters. The van der Waals surface area contributed by atoms with Crippen LogP contribution in [0, 0.1) is 0 Å². The first kappa shape index (κ1) is 24.7. The number of nitrogens with zero attached hydrogens (tertiary/aromatic N) is 2. The molecule has 4 aromatic rings. The summed E-state index contributed by atoms with van der Waals surface area (Å²) in [6.45, 7) is 8.46. The first-order valence-electron chi connectivity index (χ1n) is 12.4. The van der Waals surface area contributed by atoms with Gasteiger partial charge in [-0.3, -0.25) is 4.98 Å². The first-order chi connectivity index (χ1) is 17.6. The summed E-state index contributed by atoms with van der Waals surface area (Å²) in [6, 6.07) is 13.4. The summed E-state index contributed by atoms with van der Waals surface area (Å²) >= 11 is 13.0. The molecule has 3 heterocycles. The van der Waals surface area contributed by atoms with Crippen LogP contribution in [0.15, 0.2) is 53.2 Å². The van der Waals surface area contributed by atoms with Gasteiger partial charge in [-0.25, -0.2) is 0 Å². The number of rotatable bonds is 6. The SMILES string of the molecule is CC1(C)OB(c2ccc3cc(OCc4c(-c5c(Cl)cccc5Cl)noc4C4CC4)cnc3c2)OC1(C)C. The van der Waals surface area contributed by atoms with Crippen molar-refractivity contribution in [2.75, 3.05) is 0 Å². The third-order valence-electron chi connectivity index (χ3n) is 7.56. The minimum Gasteiger partial charge on any atom is -0.487 e. The van der Waals surface area contributed by atoms with Gasteiger partial charge in [-0.05, 0) is 70.3 Å². The highest BCUT2D eigenvalue weighted by molar-refractivity contribution is 6.62. The van der Waals surface area contributed by atoms with Crippen LogP contribution < -0.4 is 10.2 Å². The standard InChI is InChI=1S/C28H27BCl2N2O4/c1-27(2)28(3,4)37-29(36-27)18-11-10-17-12-19(14-32-23(17)13-18)34-15-20-25(33-35-26(20)16-8-9-16)24-21(30)6-5-7-22(24)31/h5-7,10-14,16H,8-9,15H2,1-4H3. The molecule has 0 unspecified atom stereocenters. The molecule has 0 amide bonds. The summed E-state index contributed by atoms with van der Waals surface area (Å²) in [4.78, 5) is 4.65. The Balaban J connectivity index is 1.25. The first-order valence-corrected chi connectivity index (χ1v) is 13.2. The van der Waals surface area contributed by atoms with Gasteiger partial charge in [0.25, 0.3) is 0 Å². The van der Waals surface area contributed by atoms with Crippen LogP contribution in [0.1, 0.15) is 57.8 Å². The number of hydrogen-bond acceptors (Lipinski definition) is 6. The van der Waals surface area contributed by atoms with Crippen molar-refractivity contribution in [1.82, 2.24) is 10.1 Å². The lowest BCUT2D eigenvalue weighted by atomic mass is 9.79. The molecule has 1 saturated carbocycles. The fourth-order valence-corrected chi connectivity index (χ4v) is 5.10. The molecule has 1 aliphatic heterocycles. The Hall–Kier alpha value is -2.58. The number of benzene rings is 2. The number of hydrogen-bond donors (Lipinski definition) is 0. The summed E-state index contributed by atoms with van der Waals surface area (Å²) in [7, 11) is -0.434. The molecule has 0 N–H and O–H groups in total. The minimum absolute atomic E-state index is 0.269. The van der Waals surface area contributed by atoms with Gasteiger partial charge in [-0.2, -0.15) is 0 Å². The predicted molar refractivity (Wildman–Crippen MR) is 146 cm³/mol. The molecule has 190 valence electrons. The molecule has 0 bridgehead atoms. The van der Waals surface area contributed by atoms with Gasteiger partial charge in [0.1, 0.15) is 23.8 Å². The molecule has 37 heavy (non-hydrogen) atoms. The number of ether oxygens (including phenoxy) is 1. The Morgan fingerprint density at radius 2 is 1.70 bits per heavy atom. The lowest BCUT2D eigenvalue weighted by Crippen LogP contribution is -2.41. The Morgan fingerprint density at radius 1 is 1.00 bits per heavy atom. The molecule has 6 nitrogen and oxygen atoms in total. The lowest BCUT2D eigenvalue weighted by Gasteiger charge is -2.32. The van der Waals surface area contributed by atoms with Gasteiger partial charge in [0.2, 0.25) is 0 Å². The van der Waals surface area contributed by atoms with Crippen LogP contribution in [0.25, 0.3) is 22.2 Å². The molecule has 2 fully saturated rings. The maximum Gasteiger partial charge on any atom is 0.494 e. The van der Waals surface area contributed by atoms with Gasteiger partial charge in [-0.1, -0.05) is 46.6 Å². The zero-order chi connectivity index (χ0) is 25.9. The van der Waals surface area contributed by atoms with Crippen LogP contribution in [0.5, 0.6) is 5.75 Å². The molecule has 1 saturated heterocycles. The summed E-state index contributed by atoms with van der Waals surface area (Å²) < 4.78 is 24.3. The summed E-state index contributed by atoms with van der Waals surface area (Å²) in [5.41, 5.74) is 3.14. The number of pyridine rings is 1. The van der Waals surface area contributed by atoms with Crippen molar-refractivity contribution >= 4 is 46.7 Å². The van der Waals surface area contributed by atoms with E-state index in [2.05, 4.69) is 10.1 Å². The number of fused-ring (bicyclic) bond motifs is 1. The average molecular weight is 537 g/mol. The van der Waals surface area contributed by atoms with E-state index in [4.69, 9.17) is 41.8 Å². The Kier molecular flexibility index (Phi) is 6.03. The van der Waals surface area contributed by atoms with Gasteiger partial charge in [0.05, 0.1) is 38.5 Å².